The maximum Gasteiger partial charge on any atom is 0.316 e. The van der Waals surface area contributed by atoms with Crippen molar-refractivity contribution < 1.29 is 9.21 Å². The molecule has 3 aromatic rings. The number of nitrogens with zero attached hydrogens (tertiary/aromatic N) is 3. The topological polar surface area (TPSA) is 104 Å². The lowest BCUT2D eigenvalue weighted by molar-refractivity contribution is -0.133. The van der Waals surface area contributed by atoms with Gasteiger partial charge in [-0.3, -0.25) is 9.59 Å². The van der Waals surface area contributed by atoms with Gasteiger partial charge in [-0.25, -0.2) is 0 Å². The van der Waals surface area contributed by atoms with Crippen molar-refractivity contribution in [2.75, 3.05) is 18.4 Å². The number of nitrogens with one attached hydrogen (secondary N) is 2. The number of rotatable bonds is 4. The molecule has 0 radical (unpaired) electrons. The Balaban J connectivity index is 1.29. The SMILES string of the molecule is C[C@@H](Nc1nnc(-c2cc3ccccc3c(=O)[nH]2)o1)C(=O)N1CCC2(CC1)CC2. The van der Waals surface area contributed by atoms with E-state index in [1.807, 2.05) is 23.1 Å². The predicted molar refractivity (Wildman–Crippen MR) is 108 cm³/mol. The summed E-state index contributed by atoms with van der Waals surface area (Å²) in [6.07, 6.45) is 4.83. The summed E-state index contributed by atoms with van der Waals surface area (Å²) in [5.41, 5.74) is 0.762. The number of piperidine rings is 1. The second-order valence-electron chi connectivity index (χ2n) is 8.20. The van der Waals surface area contributed by atoms with Gasteiger partial charge in [-0.1, -0.05) is 23.3 Å². The highest BCUT2D eigenvalue weighted by Crippen LogP contribution is 2.53. The van der Waals surface area contributed by atoms with Gasteiger partial charge >= 0.3 is 6.01 Å². The van der Waals surface area contributed by atoms with E-state index in [0.29, 0.717) is 16.5 Å². The lowest BCUT2D eigenvalue weighted by Crippen LogP contribution is -2.45. The number of amides is 1. The highest BCUT2D eigenvalue weighted by Gasteiger charge is 2.45. The molecule has 1 spiro atoms. The van der Waals surface area contributed by atoms with E-state index in [-0.39, 0.29) is 23.4 Å². The van der Waals surface area contributed by atoms with Crippen molar-refractivity contribution in [1.82, 2.24) is 20.1 Å². The van der Waals surface area contributed by atoms with E-state index in [4.69, 9.17) is 4.42 Å². The Bertz CT molecular complexity index is 1120. The highest BCUT2D eigenvalue weighted by molar-refractivity contribution is 5.84. The Morgan fingerprint density at radius 1 is 1.21 bits per heavy atom. The van der Waals surface area contributed by atoms with E-state index >= 15 is 0 Å². The van der Waals surface area contributed by atoms with Gasteiger partial charge in [-0.05, 0) is 55.5 Å². The van der Waals surface area contributed by atoms with E-state index in [1.54, 1.807) is 19.1 Å². The fourth-order valence-electron chi connectivity index (χ4n) is 4.12. The molecule has 1 saturated heterocycles. The maximum atomic E-state index is 12.7. The van der Waals surface area contributed by atoms with Crippen molar-refractivity contribution >= 4 is 22.7 Å². The number of fused-ring (bicyclic) bond motifs is 1. The van der Waals surface area contributed by atoms with E-state index in [1.165, 1.54) is 12.8 Å². The van der Waals surface area contributed by atoms with Crippen LogP contribution in [-0.2, 0) is 4.79 Å². The molecule has 1 aliphatic heterocycles. The molecule has 1 amide bonds. The Hall–Kier alpha value is -3.16. The Morgan fingerprint density at radius 2 is 1.97 bits per heavy atom. The van der Waals surface area contributed by atoms with Crippen LogP contribution in [0.3, 0.4) is 0 Å². The third-order valence-corrected chi connectivity index (χ3v) is 6.21. The number of carbonyl (C=O) groups is 1. The van der Waals surface area contributed by atoms with Crippen LogP contribution in [-0.4, -0.2) is 45.1 Å². The van der Waals surface area contributed by atoms with Gasteiger partial charge < -0.3 is 19.6 Å². The number of hydrogen-bond acceptors (Lipinski definition) is 6. The first kappa shape index (κ1) is 17.9. The molecular formula is C21H23N5O3. The summed E-state index contributed by atoms with van der Waals surface area (Å²) in [6, 6.07) is 8.79. The summed E-state index contributed by atoms with van der Waals surface area (Å²) in [5.74, 6) is 0.239. The highest BCUT2D eigenvalue weighted by atomic mass is 16.4. The fraction of sp³-hybridized carbons (Fsp3) is 0.429. The minimum atomic E-state index is -0.466. The molecule has 2 aliphatic rings. The average molecular weight is 393 g/mol. The molecule has 2 fully saturated rings. The molecule has 8 nitrogen and oxygen atoms in total. The number of likely N-dealkylation sites (tertiary alicyclic amines) is 1. The third-order valence-electron chi connectivity index (χ3n) is 6.21. The van der Waals surface area contributed by atoms with E-state index in [2.05, 4.69) is 20.5 Å². The van der Waals surface area contributed by atoms with E-state index in [9.17, 15) is 9.59 Å². The number of aromatic nitrogens is 3. The number of hydrogen-bond donors (Lipinski definition) is 2. The standard InChI is InChI=1S/C21H23N5O3/c1-13(19(28)26-10-8-21(6-7-21)9-11-26)22-20-25-24-18(29-20)16-12-14-4-2-3-5-15(14)17(27)23-16/h2-5,12-13H,6-11H2,1H3,(H,22,25)(H,23,27)/t13-/m1/s1. The van der Waals surface area contributed by atoms with Crippen LogP contribution in [0.4, 0.5) is 6.01 Å². The molecule has 1 aromatic carbocycles. The van der Waals surface area contributed by atoms with Crippen molar-refractivity contribution in [1.29, 1.82) is 0 Å². The van der Waals surface area contributed by atoms with E-state index in [0.717, 1.165) is 31.3 Å². The van der Waals surface area contributed by atoms with Gasteiger partial charge in [0.1, 0.15) is 11.7 Å². The van der Waals surface area contributed by atoms with Gasteiger partial charge in [0.15, 0.2) is 0 Å². The van der Waals surface area contributed by atoms with Crippen LogP contribution in [0.2, 0.25) is 0 Å². The van der Waals surface area contributed by atoms with Gasteiger partial charge in [-0.2, -0.15) is 0 Å². The number of aromatic amines is 1. The zero-order valence-corrected chi connectivity index (χ0v) is 16.3. The minimum Gasteiger partial charge on any atom is -0.402 e. The molecule has 2 N–H and O–H groups in total. The smallest absolute Gasteiger partial charge is 0.316 e. The third kappa shape index (κ3) is 3.39. The quantitative estimate of drug-likeness (QED) is 0.706. The number of carbonyl (C=O) groups excluding carboxylic acids is 1. The Morgan fingerprint density at radius 3 is 2.72 bits per heavy atom. The Kier molecular flexibility index (Phi) is 4.15. The van der Waals surface area contributed by atoms with Crippen molar-refractivity contribution in [3.05, 3.63) is 40.7 Å². The normalized spacial score (nSPS) is 18.7. The predicted octanol–water partition coefficient (Wildman–Crippen LogP) is 2.78. The Labute approximate surface area is 167 Å². The van der Waals surface area contributed by atoms with Crippen molar-refractivity contribution in [3.8, 4) is 11.6 Å². The van der Waals surface area contributed by atoms with Crippen molar-refractivity contribution in [3.63, 3.8) is 0 Å². The number of H-pyrrole nitrogens is 1. The van der Waals surface area contributed by atoms with Gasteiger partial charge in [0.2, 0.25) is 5.91 Å². The molecule has 0 bridgehead atoms. The first-order valence-corrected chi connectivity index (χ1v) is 10.0. The second-order valence-corrected chi connectivity index (χ2v) is 8.20. The van der Waals surface area contributed by atoms with Crippen LogP contribution < -0.4 is 10.9 Å². The summed E-state index contributed by atoms with van der Waals surface area (Å²) in [4.78, 5) is 29.7. The number of benzene rings is 1. The van der Waals surface area contributed by atoms with Crippen LogP contribution >= 0.6 is 0 Å². The van der Waals surface area contributed by atoms with Gasteiger partial charge in [0, 0.05) is 18.5 Å². The molecule has 1 saturated carbocycles. The number of anilines is 1. The van der Waals surface area contributed by atoms with Crippen LogP contribution in [0.1, 0.15) is 32.6 Å². The van der Waals surface area contributed by atoms with Crippen LogP contribution in [0.25, 0.3) is 22.4 Å². The lowest BCUT2D eigenvalue weighted by atomic mass is 9.93. The largest absolute Gasteiger partial charge is 0.402 e. The monoisotopic (exact) mass is 393 g/mol. The molecule has 5 rings (SSSR count). The van der Waals surface area contributed by atoms with Crippen LogP contribution in [0, 0.1) is 5.41 Å². The van der Waals surface area contributed by atoms with E-state index < -0.39 is 6.04 Å². The van der Waals surface area contributed by atoms with Gasteiger partial charge in [0.05, 0.1) is 0 Å². The molecule has 0 unspecified atom stereocenters. The molecular weight excluding hydrogens is 370 g/mol. The maximum absolute atomic E-state index is 12.7. The zero-order valence-electron chi connectivity index (χ0n) is 16.3. The summed E-state index contributed by atoms with van der Waals surface area (Å²) < 4.78 is 5.65. The fourth-order valence-corrected chi connectivity index (χ4v) is 4.12. The zero-order chi connectivity index (χ0) is 20.0. The summed E-state index contributed by atoms with van der Waals surface area (Å²) in [7, 11) is 0. The minimum absolute atomic E-state index is 0.0411. The summed E-state index contributed by atoms with van der Waals surface area (Å²) in [5, 5.41) is 12.4. The first-order valence-electron chi connectivity index (χ1n) is 10.0. The first-order chi connectivity index (χ1) is 14.0. The number of pyridine rings is 1. The lowest BCUT2D eigenvalue weighted by Gasteiger charge is -2.33. The molecule has 1 atom stereocenters. The molecule has 8 heteroatoms. The molecule has 29 heavy (non-hydrogen) atoms. The van der Waals surface area contributed by atoms with Crippen LogP contribution in [0.5, 0.6) is 0 Å². The van der Waals surface area contributed by atoms with Gasteiger partial charge in [0.25, 0.3) is 11.4 Å². The second kappa shape index (κ2) is 6.72. The average Bonchev–Trinajstić information content (AvgIpc) is 3.32. The molecule has 2 aromatic heterocycles. The summed E-state index contributed by atoms with van der Waals surface area (Å²) >= 11 is 0. The molecule has 3 heterocycles. The van der Waals surface area contributed by atoms with Gasteiger partial charge in [-0.15, -0.1) is 5.10 Å². The summed E-state index contributed by atoms with van der Waals surface area (Å²) in [6.45, 7) is 3.43. The molecule has 150 valence electrons. The van der Waals surface area contributed by atoms with Crippen molar-refractivity contribution in [2.24, 2.45) is 5.41 Å². The van der Waals surface area contributed by atoms with Crippen molar-refractivity contribution in [2.45, 2.75) is 38.6 Å². The molecule has 1 aliphatic carbocycles. The van der Waals surface area contributed by atoms with Crippen LogP contribution in [0.15, 0.2) is 39.5 Å².